The molecule has 0 aliphatic rings. The largest absolute Gasteiger partial charge is 0.341 e. The van der Waals surface area contributed by atoms with Crippen molar-refractivity contribution in [2.24, 2.45) is 0 Å². The molecule has 0 bridgehead atoms. The molecule has 2 aromatic rings. The van der Waals surface area contributed by atoms with Gasteiger partial charge < -0.3 is 4.98 Å². The lowest BCUT2D eigenvalue weighted by atomic mass is 10.1. The molecule has 0 radical (unpaired) electrons. The normalized spacial score (nSPS) is 10.1. The van der Waals surface area contributed by atoms with E-state index in [4.69, 9.17) is 5.26 Å². The zero-order valence-electron chi connectivity index (χ0n) is 9.41. The fourth-order valence-electron chi connectivity index (χ4n) is 1.57. The summed E-state index contributed by atoms with van der Waals surface area (Å²) in [4.78, 5) is 7.41. The summed E-state index contributed by atoms with van der Waals surface area (Å²) >= 11 is 0. The molecular weight excluding hydrogens is 198 g/mol. The quantitative estimate of drug-likeness (QED) is 0.830. The van der Waals surface area contributed by atoms with Crippen LogP contribution < -0.4 is 0 Å². The van der Waals surface area contributed by atoms with Crippen LogP contribution in [0.3, 0.4) is 0 Å². The number of rotatable bonds is 2. The van der Waals surface area contributed by atoms with Gasteiger partial charge in [0.25, 0.3) is 0 Å². The molecule has 80 valence electrons. The minimum absolute atomic E-state index is 0.373. The molecule has 0 spiro atoms. The molecule has 1 aromatic heterocycles. The van der Waals surface area contributed by atoms with Gasteiger partial charge in [0.2, 0.25) is 0 Å². The van der Waals surface area contributed by atoms with Crippen molar-refractivity contribution in [3.63, 3.8) is 0 Å². The third-order valence-electron chi connectivity index (χ3n) is 2.68. The van der Waals surface area contributed by atoms with Gasteiger partial charge in [-0.15, -0.1) is 0 Å². The Morgan fingerprint density at radius 1 is 1.31 bits per heavy atom. The molecule has 0 saturated heterocycles. The van der Waals surface area contributed by atoms with Gasteiger partial charge in [0, 0.05) is 17.5 Å². The molecule has 0 unspecified atom stereocenters. The standard InChI is InChI=1S/C13H13N3/c1-9-3-4-11(7-10(9)2)13-15-8-12(16-13)5-6-14/h3-4,7-8H,5H2,1-2H3,(H,15,16). The molecule has 3 heteroatoms. The number of hydrogen-bond donors (Lipinski definition) is 1. The number of benzene rings is 1. The Morgan fingerprint density at radius 3 is 2.81 bits per heavy atom. The second kappa shape index (κ2) is 4.19. The Labute approximate surface area is 94.8 Å². The Hall–Kier alpha value is -2.08. The summed E-state index contributed by atoms with van der Waals surface area (Å²) in [7, 11) is 0. The SMILES string of the molecule is Cc1ccc(-c2ncc(CC#N)[nH]2)cc1C. The maximum absolute atomic E-state index is 8.58. The van der Waals surface area contributed by atoms with Crippen LogP contribution in [0, 0.1) is 25.2 Å². The molecule has 0 atom stereocenters. The predicted molar refractivity (Wildman–Crippen MR) is 62.8 cm³/mol. The molecule has 2 rings (SSSR count). The highest BCUT2D eigenvalue weighted by Crippen LogP contribution is 2.19. The van der Waals surface area contributed by atoms with Crippen molar-refractivity contribution in [2.45, 2.75) is 20.3 Å². The van der Waals surface area contributed by atoms with Crippen molar-refractivity contribution >= 4 is 0 Å². The second-order valence-corrected chi connectivity index (χ2v) is 3.89. The highest BCUT2D eigenvalue weighted by molar-refractivity contribution is 5.57. The van der Waals surface area contributed by atoms with Gasteiger partial charge in [-0.1, -0.05) is 12.1 Å². The highest BCUT2D eigenvalue weighted by Gasteiger charge is 2.04. The molecule has 0 aliphatic carbocycles. The van der Waals surface area contributed by atoms with Gasteiger partial charge in [-0.05, 0) is 31.0 Å². The van der Waals surface area contributed by atoms with Gasteiger partial charge in [0.15, 0.2) is 0 Å². The molecule has 0 aliphatic heterocycles. The summed E-state index contributed by atoms with van der Waals surface area (Å²) in [6, 6.07) is 8.32. The summed E-state index contributed by atoms with van der Waals surface area (Å²) in [6.07, 6.45) is 2.09. The van der Waals surface area contributed by atoms with Gasteiger partial charge in [0.05, 0.1) is 12.5 Å². The highest BCUT2D eigenvalue weighted by atomic mass is 14.9. The minimum atomic E-state index is 0.373. The summed E-state index contributed by atoms with van der Waals surface area (Å²) in [5.41, 5.74) is 4.44. The topological polar surface area (TPSA) is 52.5 Å². The first-order valence-corrected chi connectivity index (χ1v) is 5.19. The summed E-state index contributed by atoms with van der Waals surface area (Å²) in [5.74, 6) is 0.827. The van der Waals surface area contributed by atoms with Crippen molar-refractivity contribution in [1.29, 1.82) is 5.26 Å². The van der Waals surface area contributed by atoms with E-state index in [0.717, 1.165) is 17.1 Å². The van der Waals surface area contributed by atoms with Crippen LogP contribution >= 0.6 is 0 Å². The zero-order chi connectivity index (χ0) is 11.5. The number of imidazole rings is 1. The van der Waals surface area contributed by atoms with Crippen LogP contribution in [-0.4, -0.2) is 9.97 Å². The fraction of sp³-hybridized carbons (Fsp3) is 0.231. The van der Waals surface area contributed by atoms with Crippen LogP contribution in [0.2, 0.25) is 0 Å². The third kappa shape index (κ3) is 1.96. The van der Waals surface area contributed by atoms with Crippen molar-refractivity contribution in [3.8, 4) is 17.5 Å². The third-order valence-corrected chi connectivity index (χ3v) is 2.68. The Morgan fingerprint density at radius 2 is 2.12 bits per heavy atom. The van der Waals surface area contributed by atoms with Gasteiger partial charge >= 0.3 is 0 Å². The average molecular weight is 211 g/mol. The Bertz CT molecular complexity index is 547. The molecule has 1 heterocycles. The first-order chi connectivity index (χ1) is 7.70. The first kappa shape index (κ1) is 10.4. The van der Waals surface area contributed by atoms with Crippen LogP contribution in [-0.2, 0) is 6.42 Å². The number of aromatic amines is 1. The van der Waals surface area contributed by atoms with Crippen molar-refractivity contribution in [3.05, 3.63) is 41.2 Å². The van der Waals surface area contributed by atoms with E-state index in [1.165, 1.54) is 11.1 Å². The van der Waals surface area contributed by atoms with E-state index in [1.807, 2.05) is 6.07 Å². The summed E-state index contributed by atoms with van der Waals surface area (Å²) in [6.45, 7) is 4.17. The number of hydrogen-bond acceptors (Lipinski definition) is 2. The molecular formula is C13H13N3. The van der Waals surface area contributed by atoms with Crippen molar-refractivity contribution < 1.29 is 0 Å². The maximum atomic E-state index is 8.58. The Kier molecular flexibility index (Phi) is 2.74. The molecule has 0 fully saturated rings. The number of nitrogens with zero attached hydrogens (tertiary/aromatic N) is 2. The van der Waals surface area contributed by atoms with E-state index in [2.05, 4.69) is 42.0 Å². The lowest BCUT2D eigenvalue weighted by molar-refractivity contribution is 1.16. The minimum Gasteiger partial charge on any atom is -0.341 e. The number of aryl methyl sites for hydroxylation is 2. The summed E-state index contributed by atoms with van der Waals surface area (Å²) < 4.78 is 0. The van der Waals surface area contributed by atoms with Crippen LogP contribution in [0.1, 0.15) is 16.8 Å². The molecule has 3 nitrogen and oxygen atoms in total. The van der Waals surface area contributed by atoms with Crippen LogP contribution in [0.15, 0.2) is 24.4 Å². The van der Waals surface area contributed by atoms with Crippen molar-refractivity contribution in [1.82, 2.24) is 9.97 Å². The average Bonchev–Trinajstić information content (AvgIpc) is 2.71. The van der Waals surface area contributed by atoms with E-state index in [1.54, 1.807) is 6.20 Å². The Balaban J connectivity index is 2.36. The number of aromatic nitrogens is 2. The zero-order valence-corrected chi connectivity index (χ0v) is 9.41. The molecule has 1 aromatic carbocycles. The molecule has 1 N–H and O–H groups in total. The summed E-state index contributed by atoms with van der Waals surface area (Å²) in [5, 5.41) is 8.58. The van der Waals surface area contributed by atoms with E-state index in [9.17, 15) is 0 Å². The smallest absolute Gasteiger partial charge is 0.137 e. The van der Waals surface area contributed by atoms with Gasteiger partial charge in [-0.25, -0.2) is 4.98 Å². The van der Waals surface area contributed by atoms with Crippen LogP contribution in [0.5, 0.6) is 0 Å². The predicted octanol–water partition coefficient (Wildman–Crippen LogP) is 2.76. The number of nitriles is 1. The van der Waals surface area contributed by atoms with Gasteiger partial charge in [-0.3, -0.25) is 0 Å². The number of H-pyrrole nitrogens is 1. The van der Waals surface area contributed by atoms with Crippen molar-refractivity contribution in [2.75, 3.05) is 0 Å². The second-order valence-electron chi connectivity index (χ2n) is 3.89. The fourth-order valence-corrected chi connectivity index (χ4v) is 1.57. The van der Waals surface area contributed by atoms with Gasteiger partial charge in [-0.2, -0.15) is 5.26 Å². The van der Waals surface area contributed by atoms with E-state index < -0.39 is 0 Å². The first-order valence-electron chi connectivity index (χ1n) is 5.19. The lowest BCUT2D eigenvalue weighted by Crippen LogP contribution is -1.86. The van der Waals surface area contributed by atoms with Crippen LogP contribution in [0.4, 0.5) is 0 Å². The van der Waals surface area contributed by atoms with E-state index in [-0.39, 0.29) is 0 Å². The molecule has 16 heavy (non-hydrogen) atoms. The van der Waals surface area contributed by atoms with E-state index in [0.29, 0.717) is 6.42 Å². The molecule has 0 amide bonds. The lowest BCUT2D eigenvalue weighted by Gasteiger charge is -2.02. The number of nitrogens with one attached hydrogen (secondary N) is 1. The monoisotopic (exact) mass is 211 g/mol. The van der Waals surface area contributed by atoms with E-state index >= 15 is 0 Å². The molecule has 0 saturated carbocycles. The van der Waals surface area contributed by atoms with Crippen LogP contribution in [0.25, 0.3) is 11.4 Å². The maximum Gasteiger partial charge on any atom is 0.137 e. The van der Waals surface area contributed by atoms with Gasteiger partial charge in [0.1, 0.15) is 5.82 Å².